The average molecular weight is 345 g/mol. The van der Waals surface area contributed by atoms with Crippen molar-refractivity contribution in [2.24, 2.45) is 5.41 Å². The number of pyridine rings is 1. The summed E-state index contributed by atoms with van der Waals surface area (Å²) in [6.45, 7) is 5.45. The molecule has 6 nitrogen and oxygen atoms in total. The molecule has 2 N–H and O–H groups in total. The lowest BCUT2D eigenvalue weighted by Gasteiger charge is -2.39. The molecule has 1 aromatic heterocycles. The molecule has 1 atom stereocenters. The van der Waals surface area contributed by atoms with Crippen molar-refractivity contribution in [1.82, 2.24) is 15.0 Å². The molecule has 1 aliphatic heterocycles. The van der Waals surface area contributed by atoms with Crippen LogP contribution in [0.4, 0.5) is 0 Å². The number of nitrogens with one attached hydrogen (secondary N) is 2. The highest BCUT2D eigenvalue weighted by atomic mass is 35.5. The molecule has 2 heterocycles. The zero-order valence-electron chi connectivity index (χ0n) is 12.7. The van der Waals surface area contributed by atoms with Crippen molar-refractivity contribution in [3.05, 3.63) is 24.0 Å². The summed E-state index contributed by atoms with van der Waals surface area (Å²) in [5.41, 5.74) is -0.0471. The molecular weight excluding hydrogens is 324 g/mol. The Bertz CT molecular complexity index is 655. The molecule has 0 bridgehead atoms. The first-order valence-corrected chi connectivity index (χ1v) is 8.43. The Balaban J connectivity index is 0.00000242. The Morgan fingerprint density at radius 2 is 2.27 bits per heavy atom. The van der Waals surface area contributed by atoms with E-state index in [0.29, 0.717) is 6.54 Å². The molecule has 1 fully saturated rings. The Morgan fingerprint density at radius 1 is 1.55 bits per heavy atom. The van der Waals surface area contributed by atoms with E-state index in [1.54, 1.807) is 0 Å². The smallest absolute Gasteiger partial charge is 0.243 e. The van der Waals surface area contributed by atoms with Crippen LogP contribution in [0.3, 0.4) is 0 Å². The van der Waals surface area contributed by atoms with Crippen LogP contribution >= 0.6 is 12.4 Å². The fraction of sp³-hybridized carbons (Fsp3) is 0.571. The van der Waals surface area contributed by atoms with E-state index in [-0.39, 0.29) is 34.5 Å². The van der Waals surface area contributed by atoms with E-state index in [2.05, 4.69) is 28.9 Å². The number of hydrogen-bond donors (Lipinski definition) is 2. The van der Waals surface area contributed by atoms with Gasteiger partial charge in [0.1, 0.15) is 11.0 Å². The maximum Gasteiger partial charge on any atom is 0.243 e. The van der Waals surface area contributed by atoms with Gasteiger partial charge in [-0.2, -0.15) is 5.26 Å². The van der Waals surface area contributed by atoms with Crippen molar-refractivity contribution < 1.29 is 8.42 Å². The van der Waals surface area contributed by atoms with E-state index < -0.39 is 10.0 Å². The third-order valence-corrected chi connectivity index (χ3v) is 5.43. The summed E-state index contributed by atoms with van der Waals surface area (Å²) in [5.74, 6) is 0. The first kappa shape index (κ1) is 18.8. The quantitative estimate of drug-likeness (QED) is 0.861. The number of halogens is 1. The summed E-state index contributed by atoms with van der Waals surface area (Å²) in [7, 11) is -3.73. The molecule has 1 aromatic rings. The first-order valence-electron chi connectivity index (χ1n) is 6.95. The fourth-order valence-electron chi connectivity index (χ4n) is 2.58. The predicted molar refractivity (Wildman–Crippen MR) is 86.2 cm³/mol. The van der Waals surface area contributed by atoms with Crippen molar-refractivity contribution in [2.45, 2.75) is 37.6 Å². The van der Waals surface area contributed by atoms with Gasteiger partial charge in [0.05, 0.1) is 0 Å². The summed E-state index contributed by atoms with van der Waals surface area (Å²) in [6.07, 6.45) is 3.56. The summed E-state index contributed by atoms with van der Waals surface area (Å²) in [6, 6.07) is 4.79. The second kappa shape index (κ2) is 7.38. The molecular formula is C14H21ClN4O2S. The summed E-state index contributed by atoms with van der Waals surface area (Å²) in [5, 5.41) is 12.3. The van der Waals surface area contributed by atoms with Crippen LogP contribution < -0.4 is 10.0 Å². The second-order valence-corrected chi connectivity index (χ2v) is 7.65. The van der Waals surface area contributed by atoms with E-state index in [1.807, 2.05) is 6.07 Å². The van der Waals surface area contributed by atoms with Crippen LogP contribution in [-0.2, 0) is 10.0 Å². The van der Waals surface area contributed by atoms with Crippen LogP contribution in [-0.4, -0.2) is 32.5 Å². The van der Waals surface area contributed by atoms with Gasteiger partial charge in [-0.15, -0.1) is 12.4 Å². The maximum absolute atomic E-state index is 12.3. The maximum atomic E-state index is 12.3. The summed E-state index contributed by atoms with van der Waals surface area (Å²) < 4.78 is 27.3. The summed E-state index contributed by atoms with van der Waals surface area (Å²) in [4.78, 5) is 3.72. The number of nitrogens with zero attached hydrogens (tertiary/aromatic N) is 2. The lowest BCUT2D eigenvalue weighted by molar-refractivity contribution is 0.181. The molecule has 0 aromatic carbocycles. The number of piperidine rings is 1. The monoisotopic (exact) mass is 344 g/mol. The van der Waals surface area contributed by atoms with Crippen molar-refractivity contribution in [2.75, 3.05) is 13.1 Å². The molecule has 1 saturated heterocycles. The van der Waals surface area contributed by atoms with E-state index in [4.69, 9.17) is 5.26 Å². The van der Waals surface area contributed by atoms with Gasteiger partial charge in [0.2, 0.25) is 10.0 Å². The number of rotatable bonds is 4. The Kier molecular flexibility index (Phi) is 6.32. The lowest BCUT2D eigenvalue weighted by Crippen LogP contribution is -2.52. The van der Waals surface area contributed by atoms with E-state index in [1.165, 1.54) is 18.3 Å². The van der Waals surface area contributed by atoms with Gasteiger partial charge >= 0.3 is 0 Å². The molecule has 22 heavy (non-hydrogen) atoms. The van der Waals surface area contributed by atoms with Crippen LogP contribution in [0.25, 0.3) is 0 Å². The second-order valence-electron chi connectivity index (χ2n) is 5.91. The molecule has 1 unspecified atom stereocenters. The van der Waals surface area contributed by atoms with Gasteiger partial charge in [-0.05, 0) is 36.9 Å². The van der Waals surface area contributed by atoms with Gasteiger partial charge in [-0.25, -0.2) is 18.1 Å². The topological polar surface area (TPSA) is 94.9 Å². The highest BCUT2D eigenvalue weighted by Gasteiger charge is 2.33. The molecule has 8 heteroatoms. The largest absolute Gasteiger partial charge is 0.312 e. The van der Waals surface area contributed by atoms with Gasteiger partial charge in [0.15, 0.2) is 5.69 Å². The minimum absolute atomic E-state index is 0. The summed E-state index contributed by atoms with van der Waals surface area (Å²) >= 11 is 0. The van der Waals surface area contributed by atoms with Crippen molar-refractivity contribution in [3.8, 4) is 6.07 Å². The number of nitriles is 1. The number of aromatic nitrogens is 1. The molecule has 0 amide bonds. The molecule has 0 aliphatic carbocycles. The minimum atomic E-state index is -3.73. The van der Waals surface area contributed by atoms with Crippen molar-refractivity contribution in [1.29, 1.82) is 5.26 Å². The zero-order valence-corrected chi connectivity index (χ0v) is 14.3. The van der Waals surface area contributed by atoms with Crippen LogP contribution in [0.1, 0.15) is 32.4 Å². The Hall–Kier alpha value is -1.20. The molecule has 0 radical (unpaired) electrons. The van der Waals surface area contributed by atoms with Gasteiger partial charge in [-0.3, -0.25) is 0 Å². The van der Waals surface area contributed by atoms with Gasteiger partial charge in [0.25, 0.3) is 0 Å². The average Bonchev–Trinajstić information content (AvgIpc) is 2.45. The highest BCUT2D eigenvalue weighted by Crippen LogP contribution is 2.29. The highest BCUT2D eigenvalue weighted by molar-refractivity contribution is 7.89. The minimum Gasteiger partial charge on any atom is -0.312 e. The van der Waals surface area contributed by atoms with Gasteiger partial charge in [0, 0.05) is 18.8 Å². The third kappa shape index (κ3) is 4.17. The zero-order chi connectivity index (χ0) is 15.5. The molecule has 1 aliphatic rings. The van der Waals surface area contributed by atoms with Crippen molar-refractivity contribution >= 4 is 22.4 Å². The predicted octanol–water partition coefficient (Wildman–Crippen LogP) is 1.43. The Morgan fingerprint density at radius 3 is 2.91 bits per heavy atom. The molecule has 0 saturated carbocycles. The van der Waals surface area contributed by atoms with Crippen molar-refractivity contribution in [3.63, 3.8) is 0 Å². The standard InChI is InChI=1S/C14H20N4O2S.ClH/c1-14(2)6-4-8-17-13(14)10-18-21(19,20)12-5-3-7-16-11(12)9-15;/h3,5,7,13,17-18H,4,6,8,10H2,1-2H3;1H. The van der Waals surface area contributed by atoms with Crippen LogP contribution in [0.2, 0.25) is 0 Å². The number of hydrogen-bond acceptors (Lipinski definition) is 5. The van der Waals surface area contributed by atoms with Crippen LogP contribution in [0.5, 0.6) is 0 Å². The normalized spacial score (nSPS) is 20.7. The van der Waals surface area contributed by atoms with E-state index in [0.717, 1.165) is 19.4 Å². The van der Waals surface area contributed by atoms with Crippen LogP contribution in [0.15, 0.2) is 23.2 Å². The Labute approximate surface area is 137 Å². The molecule has 0 spiro atoms. The molecule has 2 rings (SSSR count). The van der Waals surface area contributed by atoms with E-state index >= 15 is 0 Å². The van der Waals surface area contributed by atoms with Gasteiger partial charge in [-0.1, -0.05) is 13.8 Å². The van der Waals surface area contributed by atoms with E-state index in [9.17, 15) is 8.42 Å². The molecule has 122 valence electrons. The van der Waals surface area contributed by atoms with Crippen LogP contribution in [0, 0.1) is 16.7 Å². The lowest BCUT2D eigenvalue weighted by atomic mass is 9.78. The fourth-order valence-corrected chi connectivity index (χ4v) is 3.73. The third-order valence-electron chi connectivity index (χ3n) is 3.98. The first-order chi connectivity index (χ1) is 9.87. The number of sulfonamides is 1. The SMILES string of the molecule is CC1(C)CCCNC1CNS(=O)(=O)c1cccnc1C#N.Cl. The van der Waals surface area contributed by atoms with Gasteiger partial charge < -0.3 is 5.32 Å².